The van der Waals surface area contributed by atoms with Gasteiger partial charge in [0, 0.05) is 45.3 Å². The van der Waals surface area contributed by atoms with Crippen LogP contribution >= 0.6 is 0 Å². The highest BCUT2D eigenvalue weighted by atomic mass is 15.2. The van der Waals surface area contributed by atoms with E-state index >= 15 is 0 Å². The van der Waals surface area contributed by atoms with Crippen molar-refractivity contribution in [2.75, 3.05) is 26.2 Å². The molecule has 0 radical (unpaired) electrons. The van der Waals surface area contributed by atoms with Crippen LogP contribution in [0, 0.1) is 0 Å². The lowest BCUT2D eigenvalue weighted by Gasteiger charge is -2.33. The van der Waals surface area contributed by atoms with E-state index in [9.17, 15) is 0 Å². The van der Waals surface area contributed by atoms with Crippen LogP contribution in [0.15, 0.2) is 48.0 Å². The molecular formula is C21H33N7. The fourth-order valence-electron chi connectivity index (χ4n) is 3.53. The molecule has 2 N–H and O–H groups in total. The van der Waals surface area contributed by atoms with Gasteiger partial charge in [-0.25, -0.2) is 0 Å². The molecule has 0 bridgehead atoms. The Kier molecular flexibility index (Phi) is 8.30. The Morgan fingerprint density at radius 1 is 1.11 bits per heavy atom. The molecule has 0 amide bonds. The van der Waals surface area contributed by atoms with Crippen molar-refractivity contribution >= 4 is 5.96 Å². The van der Waals surface area contributed by atoms with Gasteiger partial charge in [0.1, 0.15) is 12.7 Å². The highest BCUT2D eigenvalue weighted by Crippen LogP contribution is 2.13. The lowest BCUT2D eigenvalue weighted by atomic mass is 10.0. The first kappa shape index (κ1) is 20.3. The van der Waals surface area contributed by atoms with E-state index in [4.69, 9.17) is 4.99 Å². The van der Waals surface area contributed by atoms with Crippen molar-refractivity contribution in [3.8, 4) is 0 Å². The minimum Gasteiger partial charge on any atom is -0.357 e. The predicted molar refractivity (Wildman–Crippen MR) is 113 cm³/mol. The fraction of sp³-hybridized carbons (Fsp3) is 0.571. The summed E-state index contributed by atoms with van der Waals surface area (Å²) in [7, 11) is 0. The number of unbranched alkanes of at least 4 members (excludes halogenated alkanes) is 1. The molecule has 3 rings (SSSR count). The topological polar surface area (TPSA) is 70.4 Å². The number of aromatic nitrogens is 3. The fourth-order valence-corrected chi connectivity index (χ4v) is 3.53. The number of likely N-dealkylation sites (tertiary alicyclic amines) is 1. The smallest absolute Gasteiger partial charge is 0.191 e. The molecule has 7 nitrogen and oxygen atoms in total. The van der Waals surface area contributed by atoms with E-state index in [1.54, 1.807) is 12.7 Å². The highest BCUT2D eigenvalue weighted by Gasteiger charge is 2.19. The van der Waals surface area contributed by atoms with Crippen LogP contribution in [0.5, 0.6) is 0 Å². The third kappa shape index (κ3) is 6.96. The zero-order valence-electron chi connectivity index (χ0n) is 16.9. The summed E-state index contributed by atoms with van der Waals surface area (Å²) >= 11 is 0. The molecule has 1 aliphatic rings. The maximum Gasteiger partial charge on any atom is 0.191 e. The third-order valence-corrected chi connectivity index (χ3v) is 5.08. The molecule has 1 aromatic heterocycles. The van der Waals surface area contributed by atoms with Crippen LogP contribution in [0.2, 0.25) is 0 Å². The molecule has 0 unspecified atom stereocenters. The molecule has 2 aromatic rings. The van der Waals surface area contributed by atoms with Gasteiger partial charge in [0.15, 0.2) is 5.96 Å². The number of guanidine groups is 1. The maximum absolute atomic E-state index is 4.75. The number of benzene rings is 1. The number of hydrogen-bond acceptors (Lipinski definition) is 4. The van der Waals surface area contributed by atoms with E-state index in [1.165, 1.54) is 5.56 Å². The van der Waals surface area contributed by atoms with Crippen molar-refractivity contribution < 1.29 is 0 Å². The minimum absolute atomic E-state index is 0.502. The number of hydrogen-bond donors (Lipinski definition) is 2. The minimum atomic E-state index is 0.502. The molecule has 1 aliphatic heterocycles. The first-order chi connectivity index (χ1) is 13.8. The summed E-state index contributed by atoms with van der Waals surface area (Å²) in [5.74, 6) is 0.952. The molecule has 1 saturated heterocycles. The van der Waals surface area contributed by atoms with Gasteiger partial charge in [-0.3, -0.25) is 9.89 Å². The first-order valence-corrected chi connectivity index (χ1v) is 10.5. The molecule has 1 fully saturated rings. The Hall–Kier alpha value is -2.41. The van der Waals surface area contributed by atoms with E-state index in [1.807, 2.05) is 4.57 Å². The highest BCUT2D eigenvalue weighted by molar-refractivity contribution is 5.80. The van der Waals surface area contributed by atoms with Crippen molar-refractivity contribution in [2.24, 2.45) is 4.99 Å². The standard InChI is InChI=1S/C21H33N7/c1-2-22-21(23-12-6-7-13-28-17-24-25-18-28)26-20-10-14-27(15-11-20)16-19-8-4-3-5-9-19/h3-5,8-9,17-18,20H,2,6-7,10-16H2,1H3,(H2,22,23,26). The van der Waals surface area contributed by atoms with Crippen molar-refractivity contribution in [1.82, 2.24) is 30.3 Å². The Balaban J connectivity index is 1.36. The number of nitrogens with zero attached hydrogens (tertiary/aromatic N) is 5. The van der Waals surface area contributed by atoms with Crippen LogP contribution in [-0.2, 0) is 13.1 Å². The Labute approximate surface area is 168 Å². The Bertz CT molecular complexity index is 676. The molecule has 0 atom stereocenters. The number of aliphatic imine (C=N–C) groups is 1. The van der Waals surface area contributed by atoms with E-state index in [2.05, 4.69) is 63.0 Å². The first-order valence-electron chi connectivity index (χ1n) is 10.5. The number of aryl methyl sites for hydroxylation is 1. The van der Waals surface area contributed by atoms with E-state index in [0.29, 0.717) is 6.04 Å². The monoisotopic (exact) mass is 383 g/mol. The molecule has 0 saturated carbocycles. The molecule has 152 valence electrons. The summed E-state index contributed by atoms with van der Waals surface area (Å²) in [5.41, 5.74) is 1.40. The Morgan fingerprint density at radius 2 is 1.86 bits per heavy atom. The van der Waals surface area contributed by atoms with Crippen molar-refractivity contribution in [1.29, 1.82) is 0 Å². The summed E-state index contributed by atoms with van der Waals surface area (Å²) in [5, 5.41) is 14.7. The molecule has 0 spiro atoms. The second-order valence-electron chi connectivity index (χ2n) is 7.35. The van der Waals surface area contributed by atoms with Crippen LogP contribution in [-0.4, -0.2) is 57.8 Å². The molecule has 0 aliphatic carbocycles. The van der Waals surface area contributed by atoms with Crippen molar-refractivity contribution in [3.05, 3.63) is 48.5 Å². The van der Waals surface area contributed by atoms with E-state index in [-0.39, 0.29) is 0 Å². The summed E-state index contributed by atoms with van der Waals surface area (Å²) in [6.45, 7) is 8.10. The predicted octanol–water partition coefficient (Wildman–Crippen LogP) is 2.28. The van der Waals surface area contributed by atoms with E-state index in [0.717, 1.165) is 70.9 Å². The second kappa shape index (κ2) is 11.4. The van der Waals surface area contributed by atoms with Gasteiger partial charge < -0.3 is 15.2 Å². The molecule has 2 heterocycles. The van der Waals surface area contributed by atoms with Gasteiger partial charge in [-0.15, -0.1) is 10.2 Å². The van der Waals surface area contributed by atoms with Crippen molar-refractivity contribution in [3.63, 3.8) is 0 Å². The van der Waals surface area contributed by atoms with Gasteiger partial charge in [-0.1, -0.05) is 30.3 Å². The largest absolute Gasteiger partial charge is 0.357 e. The zero-order chi connectivity index (χ0) is 19.4. The number of nitrogens with one attached hydrogen (secondary N) is 2. The lowest BCUT2D eigenvalue weighted by molar-refractivity contribution is 0.198. The van der Waals surface area contributed by atoms with Gasteiger partial charge in [-0.2, -0.15) is 0 Å². The summed E-state index contributed by atoms with van der Waals surface area (Å²) in [4.78, 5) is 7.30. The number of rotatable bonds is 9. The van der Waals surface area contributed by atoms with Gasteiger partial charge >= 0.3 is 0 Å². The van der Waals surface area contributed by atoms with Crippen LogP contribution in [0.25, 0.3) is 0 Å². The normalized spacial score (nSPS) is 16.2. The molecule has 28 heavy (non-hydrogen) atoms. The molecule has 1 aromatic carbocycles. The summed E-state index contributed by atoms with van der Waals surface area (Å²) < 4.78 is 2.01. The van der Waals surface area contributed by atoms with Crippen LogP contribution in [0.4, 0.5) is 0 Å². The van der Waals surface area contributed by atoms with Gasteiger partial charge in [0.25, 0.3) is 0 Å². The second-order valence-corrected chi connectivity index (χ2v) is 7.35. The summed E-state index contributed by atoms with van der Waals surface area (Å²) in [6.07, 6.45) is 7.98. The average molecular weight is 384 g/mol. The van der Waals surface area contributed by atoms with Gasteiger partial charge in [-0.05, 0) is 38.2 Å². The van der Waals surface area contributed by atoms with Crippen LogP contribution < -0.4 is 10.6 Å². The van der Waals surface area contributed by atoms with Crippen molar-refractivity contribution in [2.45, 2.75) is 51.7 Å². The molecule has 7 heteroatoms. The zero-order valence-corrected chi connectivity index (χ0v) is 16.9. The SMILES string of the molecule is CCNC(=NCCCCn1cnnc1)NC1CCN(Cc2ccccc2)CC1. The quantitative estimate of drug-likeness (QED) is 0.395. The summed E-state index contributed by atoms with van der Waals surface area (Å²) in [6, 6.07) is 11.2. The Morgan fingerprint density at radius 3 is 2.57 bits per heavy atom. The van der Waals surface area contributed by atoms with E-state index < -0.39 is 0 Å². The third-order valence-electron chi connectivity index (χ3n) is 5.08. The number of piperidine rings is 1. The van der Waals surface area contributed by atoms with Gasteiger partial charge in [0.2, 0.25) is 0 Å². The van der Waals surface area contributed by atoms with Crippen LogP contribution in [0.1, 0.15) is 38.2 Å². The molecular weight excluding hydrogens is 350 g/mol. The van der Waals surface area contributed by atoms with Gasteiger partial charge in [0.05, 0.1) is 0 Å². The lowest BCUT2D eigenvalue weighted by Crippen LogP contribution is -2.48. The maximum atomic E-state index is 4.75. The average Bonchev–Trinajstić information content (AvgIpc) is 3.24. The van der Waals surface area contributed by atoms with Crippen LogP contribution in [0.3, 0.4) is 0 Å².